The third-order valence-electron chi connectivity index (χ3n) is 6.52. The second kappa shape index (κ2) is 12.3. The molecule has 0 spiro atoms. The third kappa shape index (κ3) is 5.70. The Hall–Kier alpha value is -3.24. The first-order valence-electron chi connectivity index (χ1n) is 12.0. The molecule has 1 aliphatic rings. The van der Waals surface area contributed by atoms with Gasteiger partial charge in [0.25, 0.3) is 11.7 Å². The number of benzene rings is 2. The highest BCUT2D eigenvalue weighted by molar-refractivity contribution is 9.10. The minimum Gasteiger partial charge on any atom is -0.507 e. The summed E-state index contributed by atoms with van der Waals surface area (Å²) in [5.74, 6) is -1.21. The number of ether oxygens (including phenoxy) is 3. The van der Waals surface area contributed by atoms with Crippen molar-refractivity contribution in [3.8, 4) is 23.0 Å². The highest BCUT2D eigenvalue weighted by atomic mass is 79.9. The summed E-state index contributed by atoms with van der Waals surface area (Å²) in [4.78, 5) is 30.3. The average Bonchev–Trinajstić information content (AvgIpc) is 3.16. The molecule has 1 aliphatic heterocycles. The van der Waals surface area contributed by atoms with Crippen molar-refractivity contribution in [2.24, 2.45) is 0 Å². The van der Waals surface area contributed by atoms with Crippen molar-refractivity contribution in [2.45, 2.75) is 26.3 Å². The quantitative estimate of drug-likeness (QED) is 0.231. The maximum Gasteiger partial charge on any atom is 0.295 e. The highest BCUT2D eigenvalue weighted by Gasteiger charge is 2.46. The first-order valence-corrected chi connectivity index (χ1v) is 12.8. The fourth-order valence-corrected chi connectivity index (χ4v) is 4.93. The van der Waals surface area contributed by atoms with Crippen LogP contribution in [0.5, 0.6) is 23.0 Å². The molecule has 0 radical (unpaired) electrons. The molecule has 0 aliphatic carbocycles. The van der Waals surface area contributed by atoms with Gasteiger partial charge in [0.05, 0.1) is 38.5 Å². The number of nitrogens with zero attached hydrogens (tertiary/aromatic N) is 2. The summed E-state index contributed by atoms with van der Waals surface area (Å²) < 4.78 is 17.0. The Kier molecular flexibility index (Phi) is 9.45. The van der Waals surface area contributed by atoms with E-state index in [0.717, 1.165) is 19.6 Å². The average molecular weight is 577 g/mol. The van der Waals surface area contributed by atoms with E-state index in [9.17, 15) is 19.8 Å². The molecule has 1 saturated heterocycles. The van der Waals surface area contributed by atoms with Crippen molar-refractivity contribution in [2.75, 3.05) is 47.5 Å². The van der Waals surface area contributed by atoms with Gasteiger partial charge in [-0.1, -0.05) is 29.8 Å². The standard InChI is InChI=1S/C27H33BrN2O7/c1-6-29(7-2)11-8-12-30-23(16-13-20(35-3)26(37-5)21(14-16)36-4)22(25(33)27(30)34)24(32)18-15-17(28)9-10-19(18)31/h9-10,13-15,23,31-32H,6-8,11-12H2,1-5H3/t23-/m0/s1. The number of methoxy groups -OCH3 is 3. The molecule has 0 bridgehead atoms. The summed E-state index contributed by atoms with van der Waals surface area (Å²) in [6, 6.07) is 6.86. The zero-order valence-corrected chi connectivity index (χ0v) is 23.3. The Morgan fingerprint density at radius 1 is 1.03 bits per heavy atom. The Balaban J connectivity index is 2.21. The zero-order valence-electron chi connectivity index (χ0n) is 21.7. The van der Waals surface area contributed by atoms with Crippen LogP contribution in [0.4, 0.5) is 0 Å². The van der Waals surface area contributed by atoms with Gasteiger partial charge in [0, 0.05) is 11.0 Å². The first kappa shape index (κ1) is 28.3. The first-order chi connectivity index (χ1) is 17.7. The van der Waals surface area contributed by atoms with Crippen LogP contribution < -0.4 is 14.2 Å². The molecule has 1 fully saturated rings. The van der Waals surface area contributed by atoms with Crippen molar-refractivity contribution in [1.29, 1.82) is 0 Å². The van der Waals surface area contributed by atoms with Crippen LogP contribution in [0, 0.1) is 0 Å². The van der Waals surface area contributed by atoms with E-state index >= 15 is 0 Å². The molecule has 2 aromatic rings. The van der Waals surface area contributed by atoms with Gasteiger partial charge in [0.1, 0.15) is 11.5 Å². The number of Topliss-reactive ketones (excluding diaryl/α,β-unsaturated/α-hetero) is 1. The monoisotopic (exact) mass is 576 g/mol. The van der Waals surface area contributed by atoms with E-state index in [1.165, 1.54) is 38.4 Å². The summed E-state index contributed by atoms with van der Waals surface area (Å²) in [6.07, 6.45) is 0.623. The second-order valence-corrected chi connectivity index (χ2v) is 9.41. The number of amides is 1. The fraction of sp³-hybridized carbons (Fsp3) is 0.407. The predicted octanol–water partition coefficient (Wildman–Crippen LogP) is 4.33. The summed E-state index contributed by atoms with van der Waals surface area (Å²) in [6.45, 7) is 6.89. The molecule has 3 rings (SSSR count). The number of aromatic hydroxyl groups is 1. The molecule has 2 N–H and O–H groups in total. The maximum absolute atomic E-state index is 13.4. The topological polar surface area (TPSA) is 109 Å². The van der Waals surface area contributed by atoms with Crippen LogP contribution in [-0.4, -0.2) is 79.2 Å². The summed E-state index contributed by atoms with van der Waals surface area (Å²) in [5, 5.41) is 21.8. The number of phenolic OH excluding ortho intramolecular Hbond substituents is 1. The van der Waals surface area contributed by atoms with E-state index in [4.69, 9.17) is 14.2 Å². The molecular weight excluding hydrogens is 544 g/mol. The van der Waals surface area contributed by atoms with E-state index in [1.807, 2.05) is 0 Å². The number of aliphatic hydroxyl groups excluding tert-OH is 1. The van der Waals surface area contributed by atoms with Gasteiger partial charge in [0.2, 0.25) is 5.75 Å². The Morgan fingerprint density at radius 3 is 2.19 bits per heavy atom. The van der Waals surface area contributed by atoms with Crippen molar-refractivity contribution >= 4 is 33.4 Å². The van der Waals surface area contributed by atoms with E-state index in [1.54, 1.807) is 18.2 Å². The number of phenols is 1. The van der Waals surface area contributed by atoms with Gasteiger partial charge in [-0.15, -0.1) is 0 Å². The van der Waals surface area contributed by atoms with Crippen LogP contribution in [0.15, 0.2) is 40.4 Å². The number of ketones is 1. The smallest absolute Gasteiger partial charge is 0.295 e. The summed E-state index contributed by atoms with van der Waals surface area (Å²) in [7, 11) is 4.43. The van der Waals surface area contributed by atoms with Crippen molar-refractivity contribution in [3.63, 3.8) is 0 Å². The highest BCUT2D eigenvalue weighted by Crippen LogP contribution is 2.46. The number of hydrogen-bond acceptors (Lipinski definition) is 8. The lowest BCUT2D eigenvalue weighted by Gasteiger charge is -2.27. The van der Waals surface area contributed by atoms with Crippen LogP contribution in [0.2, 0.25) is 0 Å². The van der Waals surface area contributed by atoms with Crippen LogP contribution in [-0.2, 0) is 9.59 Å². The molecule has 9 nitrogen and oxygen atoms in total. The number of likely N-dealkylation sites (tertiary alicyclic amines) is 1. The summed E-state index contributed by atoms with van der Waals surface area (Å²) in [5.41, 5.74) is 0.399. The molecule has 1 heterocycles. The minimum absolute atomic E-state index is 0.0351. The number of hydrogen-bond donors (Lipinski definition) is 2. The molecule has 37 heavy (non-hydrogen) atoms. The fourth-order valence-electron chi connectivity index (χ4n) is 4.56. The molecule has 0 saturated carbocycles. The van der Waals surface area contributed by atoms with Gasteiger partial charge >= 0.3 is 0 Å². The van der Waals surface area contributed by atoms with Crippen molar-refractivity contribution < 1.29 is 34.0 Å². The molecular formula is C27H33BrN2O7. The SMILES string of the molecule is CCN(CC)CCCN1C(=O)C(=O)C(=C(O)c2cc(Br)ccc2O)[C@@H]1c1cc(OC)c(OC)c(OC)c1. The minimum atomic E-state index is -0.941. The number of carbonyl (C=O) groups excluding carboxylic acids is 2. The Bertz CT molecular complexity index is 1170. The lowest BCUT2D eigenvalue weighted by molar-refractivity contribution is -0.140. The van der Waals surface area contributed by atoms with E-state index < -0.39 is 23.5 Å². The van der Waals surface area contributed by atoms with Crippen molar-refractivity contribution in [1.82, 2.24) is 9.80 Å². The largest absolute Gasteiger partial charge is 0.507 e. The number of rotatable bonds is 11. The number of aliphatic hydroxyl groups is 1. The van der Waals surface area contributed by atoms with Gasteiger partial charge in [0.15, 0.2) is 11.5 Å². The molecule has 1 atom stereocenters. The molecule has 1 amide bonds. The van der Waals surface area contributed by atoms with Gasteiger partial charge in [-0.2, -0.15) is 0 Å². The van der Waals surface area contributed by atoms with E-state index in [2.05, 4.69) is 34.7 Å². The van der Waals surface area contributed by atoms with Crippen molar-refractivity contribution in [3.05, 3.63) is 51.5 Å². The number of halogens is 1. The second-order valence-electron chi connectivity index (χ2n) is 8.49. The van der Waals surface area contributed by atoms with Gasteiger partial charge in [-0.3, -0.25) is 9.59 Å². The van der Waals surface area contributed by atoms with Crippen LogP contribution in [0.1, 0.15) is 37.4 Å². The van der Waals surface area contributed by atoms with Gasteiger partial charge in [-0.25, -0.2) is 0 Å². The molecule has 10 heteroatoms. The lowest BCUT2D eigenvalue weighted by atomic mass is 9.94. The van der Waals surface area contributed by atoms with Crippen LogP contribution in [0.25, 0.3) is 5.76 Å². The van der Waals surface area contributed by atoms with Gasteiger partial charge < -0.3 is 34.2 Å². The molecule has 200 valence electrons. The molecule has 0 aromatic heterocycles. The zero-order chi connectivity index (χ0) is 27.3. The molecule has 2 aromatic carbocycles. The van der Waals surface area contributed by atoms with Crippen LogP contribution in [0.3, 0.4) is 0 Å². The Labute approximate surface area is 225 Å². The normalized spacial score (nSPS) is 16.9. The maximum atomic E-state index is 13.4. The Morgan fingerprint density at radius 2 is 1.65 bits per heavy atom. The molecule has 0 unspecified atom stereocenters. The van der Waals surface area contributed by atoms with Gasteiger partial charge in [-0.05, 0) is 62.0 Å². The summed E-state index contributed by atoms with van der Waals surface area (Å²) >= 11 is 3.33. The lowest BCUT2D eigenvalue weighted by Crippen LogP contribution is -2.33. The van der Waals surface area contributed by atoms with E-state index in [0.29, 0.717) is 33.7 Å². The predicted molar refractivity (Wildman–Crippen MR) is 143 cm³/mol. The third-order valence-corrected chi connectivity index (χ3v) is 7.02. The number of carbonyl (C=O) groups is 2. The van der Waals surface area contributed by atoms with Crippen LogP contribution >= 0.6 is 15.9 Å². The van der Waals surface area contributed by atoms with E-state index in [-0.39, 0.29) is 23.4 Å².